The van der Waals surface area contributed by atoms with Crippen molar-refractivity contribution in [3.05, 3.63) is 54.0 Å². The fraction of sp³-hybridized carbons (Fsp3) is 0.250. The summed E-state index contributed by atoms with van der Waals surface area (Å²) in [6, 6.07) is 8.35. The van der Waals surface area contributed by atoms with Gasteiger partial charge in [-0.05, 0) is 43.3 Å². The summed E-state index contributed by atoms with van der Waals surface area (Å²) in [4.78, 5) is 23.8. The summed E-state index contributed by atoms with van der Waals surface area (Å²) in [5.74, 6) is -0.751. The molecule has 0 fully saturated rings. The van der Waals surface area contributed by atoms with E-state index in [1.54, 1.807) is 12.1 Å². The third-order valence-electron chi connectivity index (χ3n) is 2.99. The number of esters is 1. The number of rotatable bonds is 7. The van der Waals surface area contributed by atoms with Crippen molar-refractivity contribution < 1.29 is 32.3 Å². The number of ether oxygens (including phenoxy) is 2. The summed E-state index contributed by atoms with van der Waals surface area (Å²) in [5.41, 5.74) is 0.113. The molecule has 1 aromatic carbocycles. The summed E-state index contributed by atoms with van der Waals surface area (Å²) in [7, 11) is 0. The Morgan fingerprint density at radius 2 is 1.92 bits per heavy atom. The average molecular weight is 339 g/mol. The Morgan fingerprint density at radius 3 is 2.50 bits per heavy atom. The number of hydrogen-bond acceptors (Lipinski definition) is 5. The van der Waals surface area contributed by atoms with Crippen LogP contribution in [0, 0.1) is 0 Å². The Morgan fingerprint density at radius 1 is 1.21 bits per heavy atom. The molecule has 8 heteroatoms. The summed E-state index contributed by atoms with van der Waals surface area (Å²) >= 11 is 0. The normalized spacial score (nSPS) is 11.8. The van der Waals surface area contributed by atoms with Crippen LogP contribution in [0.3, 0.4) is 0 Å². The molecule has 0 spiro atoms. The van der Waals surface area contributed by atoms with Crippen LogP contribution in [0.1, 0.15) is 23.0 Å². The molecule has 1 heterocycles. The fourth-order valence-electron chi connectivity index (χ4n) is 1.79. The van der Waals surface area contributed by atoms with Gasteiger partial charge >= 0.3 is 12.6 Å². The first-order valence-electron chi connectivity index (χ1n) is 7.01. The molecular weight excluding hydrogens is 324 g/mol. The lowest BCUT2D eigenvalue weighted by Gasteiger charge is -2.13. The number of alkyl halides is 2. The smallest absolute Gasteiger partial charge is 0.387 e. The highest BCUT2D eigenvalue weighted by Gasteiger charge is 2.19. The van der Waals surface area contributed by atoms with Gasteiger partial charge in [0, 0.05) is 0 Å². The van der Waals surface area contributed by atoms with Crippen molar-refractivity contribution >= 4 is 11.9 Å². The molecule has 1 N–H and O–H groups in total. The zero-order valence-corrected chi connectivity index (χ0v) is 12.7. The maximum atomic E-state index is 12.0. The van der Waals surface area contributed by atoms with Crippen LogP contribution in [0.15, 0.2) is 47.1 Å². The van der Waals surface area contributed by atoms with Crippen molar-refractivity contribution in [1.29, 1.82) is 0 Å². The second-order valence-corrected chi connectivity index (χ2v) is 4.75. The molecule has 0 aliphatic carbocycles. The van der Waals surface area contributed by atoms with Crippen molar-refractivity contribution in [1.82, 2.24) is 5.32 Å². The van der Waals surface area contributed by atoms with Gasteiger partial charge in [-0.25, -0.2) is 4.79 Å². The van der Waals surface area contributed by atoms with Crippen LogP contribution in [0.5, 0.6) is 5.75 Å². The Balaban J connectivity index is 1.84. The summed E-state index contributed by atoms with van der Waals surface area (Å²) in [5, 5.41) is 2.56. The van der Waals surface area contributed by atoms with Gasteiger partial charge < -0.3 is 19.2 Å². The van der Waals surface area contributed by atoms with Crippen LogP contribution in [0.2, 0.25) is 0 Å². The Bertz CT molecular complexity index is 670. The molecule has 0 saturated carbocycles. The summed E-state index contributed by atoms with van der Waals surface area (Å²) < 4.78 is 38.4. The molecule has 2 rings (SSSR count). The van der Waals surface area contributed by atoms with E-state index < -0.39 is 24.6 Å². The Labute approximate surface area is 136 Å². The van der Waals surface area contributed by atoms with Gasteiger partial charge in [0.15, 0.2) is 6.10 Å². The molecule has 1 aromatic heterocycles. The van der Waals surface area contributed by atoms with Crippen molar-refractivity contribution in [3.8, 4) is 5.75 Å². The Hall–Kier alpha value is -2.90. The summed E-state index contributed by atoms with van der Waals surface area (Å²) in [6.45, 7) is -1.35. The second kappa shape index (κ2) is 8.09. The molecule has 0 saturated heterocycles. The summed E-state index contributed by atoms with van der Waals surface area (Å²) in [6.07, 6.45) is 0.455. The van der Waals surface area contributed by atoms with Crippen LogP contribution in [-0.4, -0.2) is 24.6 Å². The number of halogens is 2. The standard InChI is InChI=1S/C16H15F2NO5/c1-10(14(20)19-9-13-3-2-8-22-13)23-15(21)11-4-6-12(7-5-11)24-16(17)18/h2-8,10,16H,9H2,1H3,(H,19,20). The largest absolute Gasteiger partial charge is 0.467 e. The topological polar surface area (TPSA) is 77.8 Å². The van der Waals surface area contributed by atoms with Crippen LogP contribution < -0.4 is 10.1 Å². The van der Waals surface area contributed by atoms with E-state index in [2.05, 4.69) is 10.1 Å². The minimum atomic E-state index is -2.94. The van der Waals surface area contributed by atoms with Crippen LogP contribution in [0.4, 0.5) is 8.78 Å². The highest BCUT2D eigenvalue weighted by molar-refractivity contribution is 5.92. The number of nitrogens with one attached hydrogen (secondary N) is 1. The third-order valence-corrected chi connectivity index (χ3v) is 2.99. The number of carbonyl (C=O) groups excluding carboxylic acids is 2. The van der Waals surface area contributed by atoms with Crippen molar-refractivity contribution in [3.63, 3.8) is 0 Å². The van der Waals surface area contributed by atoms with Crippen molar-refractivity contribution in [2.24, 2.45) is 0 Å². The van der Waals surface area contributed by atoms with E-state index in [1.807, 2.05) is 0 Å². The Kier molecular flexibility index (Phi) is 5.89. The second-order valence-electron chi connectivity index (χ2n) is 4.75. The van der Waals surface area contributed by atoms with Crippen LogP contribution in [-0.2, 0) is 16.1 Å². The fourth-order valence-corrected chi connectivity index (χ4v) is 1.79. The van der Waals surface area contributed by atoms with Crippen molar-refractivity contribution in [2.45, 2.75) is 26.2 Å². The molecule has 6 nitrogen and oxygen atoms in total. The zero-order chi connectivity index (χ0) is 17.5. The first kappa shape index (κ1) is 17.5. The molecule has 1 atom stereocenters. The van der Waals surface area contributed by atoms with Gasteiger partial charge in [0.05, 0.1) is 18.4 Å². The first-order chi connectivity index (χ1) is 11.5. The zero-order valence-electron chi connectivity index (χ0n) is 12.7. The maximum absolute atomic E-state index is 12.0. The van der Waals surface area contributed by atoms with Gasteiger partial charge in [-0.15, -0.1) is 0 Å². The maximum Gasteiger partial charge on any atom is 0.387 e. The number of benzene rings is 1. The van der Waals surface area contributed by atoms with E-state index >= 15 is 0 Å². The first-order valence-corrected chi connectivity index (χ1v) is 7.01. The van der Waals surface area contributed by atoms with E-state index in [0.29, 0.717) is 5.76 Å². The van der Waals surface area contributed by atoms with Gasteiger partial charge in [0.1, 0.15) is 11.5 Å². The molecule has 0 bridgehead atoms. The molecular formula is C16H15F2NO5. The molecule has 2 aromatic rings. The molecule has 0 aliphatic rings. The molecule has 24 heavy (non-hydrogen) atoms. The van der Waals surface area contributed by atoms with Crippen LogP contribution in [0.25, 0.3) is 0 Å². The van der Waals surface area contributed by atoms with E-state index in [1.165, 1.54) is 37.5 Å². The number of amides is 1. The molecule has 1 amide bonds. The van der Waals surface area contributed by atoms with E-state index in [0.717, 1.165) is 0 Å². The van der Waals surface area contributed by atoms with E-state index in [9.17, 15) is 18.4 Å². The lowest BCUT2D eigenvalue weighted by atomic mass is 10.2. The van der Waals surface area contributed by atoms with Crippen molar-refractivity contribution in [2.75, 3.05) is 0 Å². The minimum absolute atomic E-state index is 0.0780. The SMILES string of the molecule is CC(OC(=O)c1ccc(OC(F)F)cc1)C(=O)NCc1ccco1. The van der Waals surface area contributed by atoms with Gasteiger partial charge in [-0.3, -0.25) is 4.79 Å². The average Bonchev–Trinajstić information content (AvgIpc) is 3.06. The van der Waals surface area contributed by atoms with E-state index in [-0.39, 0.29) is 17.9 Å². The number of carbonyl (C=O) groups is 2. The lowest BCUT2D eigenvalue weighted by molar-refractivity contribution is -0.129. The van der Waals surface area contributed by atoms with Crippen LogP contribution >= 0.6 is 0 Å². The lowest BCUT2D eigenvalue weighted by Crippen LogP contribution is -2.35. The highest BCUT2D eigenvalue weighted by Crippen LogP contribution is 2.16. The third kappa shape index (κ3) is 5.08. The van der Waals surface area contributed by atoms with Gasteiger partial charge in [0.2, 0.25) is 0 Å². The molecule has 0 radical (unpaired) electrons. The monoisotopic (exact) mass is 339 g/mol. The van der Waals surface area contributed by atoms with Gasteiger partial charge in [-0.2, -0.15) is 8.78 Å². The van der Waals surface area contributed by atoms with Gasteiger partial charge in [0.25, 0.3) is 5.91 Å². The number of hydrogen-bond donors (Lipinski definition) is 1. The quantitative estimate of drug-likeness (QED) is 0.785. The van der Waals surface area contributed by atoms with Gasteiger partial charge in [-0.1, -0.05) is 0 Å². The number of furan rings is 1. The highest BCUT2D eigenvalue weighted by atomic mass is 19.3. The molecule has 128 valence electrons. The van der Waals surface area contributed by atoms with E-state index in [4.69, 9.17) is 9.15 Å². The predicted octanol–water partition coefficient (Wildman–Crippen LogP) is 2.74. The molecule has 1 unspecified atom stereocenters. The molecule has 0 aliphatic heterocycles. The predicted molar refractivity (Wildman–Crippen MR) is 78.5 cm³/mol. The minimum Gasteiger partial charge on any atom is -0.467 e.